The summed E-state index contributed by atoms with van der Waals surface area (Å²) in [5, 5.41) is 0.366. The van der Waals surface area contributed by atoms with E-state index in [0.29, 0.717) is 27.7 Å². The summed E-state index contributed by atoms with van der Waals surface area (Å²) in [6, 6.07) is 5.23. The van der Waals surface area contributed by atoms with Crippen molar-refractivity contribution in [2.75, 3.05) is 7.11 Å². The molecule has 0 fully saturated rings. The van der Waals surface area contributed by atoms with Crippen molar-refractivity contribution in [3.8, 4) is 0 Å². The van der Waals surface area contributed by atoms with Crippen molar-refractivity contribution in [3.63, 3.8) is 0 Å². The Labute approximate surface area is 127 Å². The number of rotatable bonds is 3. The zero-order chi connectivity index (χ0) is 14.7. The molecule has 0 aliphatic carbocycles. The Hall–Kier alpha value is -1.59. The maximum absolute atomic E-state index is 11.6. The molecule has 0 bridgehead atoms. The molecule has 6 heteroatoms. The first-order valence-corrected chi connectivity index (χ1v) is 6.72. The van der Waals surface area contributed by atoms with Gasteiger partial charge in [-0.15, -0.1) is 12.6 Å². The van der Waals surface area contributed by atoms with Crippen LogP contribution in [0.15, 0.2) is 29.3 Å². The second-order valence-corrected chi connectivity index (χ2v) is 5.12. The number of aromatic nitrogens is 2. The molecule has 0 N–H and O–H groups in total. The summed E-state index contributed by atoms with van der Waals surface area (Å²) in [5.41, 5.74) is 2.06. The highest BCUT2D eigenvalue weighted by Gasteiger charge is 2.12. The third kappa shape index (κ3) is 3.29. The number of hydrogen-bond acceptors (Lipinski definition) is 5. The van der Waals surface area contributed by atoms with E-state index in [-0.39, 0.29) is 0 Å². The van der Waals surface area contributed by atoms with Gasteiger partial charge in [0.2, 0.25) is 0 Å². The Morgan fingerprint density at radius 3 is 2.90 bits per heavy atom. The summed E-state index contributed by atoms with van der Waals surface area (Å²) in [7, 11) is 1.32. The predicted octanol–water partition coefficient (Wildman–Crippen LogP) is 3.10. The van der Waals surface area contributed by atoms with Crippen molar-refractivity contribution in [2.45, 2.75) is 18.2 Å². The van der Waals surface area contributed by atoms with Gasteiger partial charge < -0.3 is 4.74 Å². The fourth-order valence-electron chi connectivity index (χ4n) is 1.78. The van der Waals surface area contributed by atoms with Crippen LogP contribution in [0.2, 0.25) is 5.02 Å². The summed E-state index contributed by atoms with van der Waals surface area (Å²) in [4.78, 5) is 20.7. The van der Waals surface area contributed by atoms with Crippen LogP contribution in [-0.2, 0) is 11.2 Å². The van der Waals surface area contributed by atoms with E-state index in [2.05, 4.69) is 22.6 Å². The SMILES string of the molecule is COC(=O)c1cc(Cc2nc(C)ncc2S)ccc1Cl. The van der Waals surface area contributed by atoms with E-state index >= 15 is 0 Å². The number of halogens is 1. The van der Waals surface area contributed by atoms with Crippen LogP contribution in [0.1, 0.15) is 27.4 Å². The molecule has 20 heavy (non-hydrogen) atoms. The van der Waals surface area contributed by atoms with Gasteiger partial charge >= 0.3 is 5.97 Å². The molecule has 1 aromatic heterocycles. The number of thiol groups is 1. The van der Waals surface area contributed by atoms with Gasteiger partial charge in [0.15, 0.2) is 0 Å². The molecule has 0 spiro atoms. The minimum atomic E-state index is -0.457. The van der Waals surface area contributed by atoms with Crippen LogP contribution in [0.25, 0.3) is 0 Å². The molecule has 0 saturated heterocycles. The first-order chi connectivity index (χ1) is 9.51. The fourth-order valence-corrected chi connectivity index (χ4v) is 2.16. The van der Waals surface area contributed by atoms with E-state index in [9.17, 15) is 4.79 Å². The number of hydrogen-bond donors (Lipinski definition) is 1. The van der Waals surface area contributed by atoms with Crippen LogP contribution in [0.5, 0.6) is 0 Å². The topological polar surface area (TPSA) is 52.1 Å². The van der Waals surface area contributed by atoms with Gasteiger partial charge in [-0.3, -0.25) is 0 Å². The molecular formula is C14H13ClN2O2S. The van der Waals surface area contributed by atoms with Crippen LogP contribution in [0.3, 0.4) is 0 Å². The number of aryl methyl sites for hydroxylation is 1. The molecule has 0 atom stereocenters. The first-order valence-electron chi connectivity index (χ1n) is 5.89. The average Bonchev–Trinajstić information content (AvgIpc) is 2.44. The van der Waals surface area contributed by atoms with Gasteiger partial charge in [0.05, 0.1) is 23.4 Å². The zero-order valence-corrected chi connectivity index (χ0v) is 12.7. The highest BCUT2D eigenvalue weighted by atomic mass is 35.5. The highest BCUT2D eigenvalue weighted by Crippen LogP contribution is 2.21. The minimum Gasteiger partial charge on any atom is -0.465 e. The Kier molecular flexibility index (Phi) is 4.62. The lowest BCUT2D eigenvalue weighted by Crippen LogP contribution is -2.04. The molecule has 104 valence electrons. The number of esters is 1. The van der Waals surface area contributed by atoms with Crippen LogP contribution >= 0.6 is 24.2 Å². The summed E-state index contributed by atoms with van der Waals surface area (Å²) < 4.78 is 4.70. The van der Waals surface area contributed by atoms with Gasteiger partial charge in [-0.25, -0.2) is 14.8 Å². The van der Waals surface area contributed by atoms with Crippen molar-refractivity contribution in [1.29, 1.82) is 0 Å². The molecule has 0 saturated carbocycles. The smallest absolute Gasteiger partial charge is 0.339 e. The standard InChI is InChI=1S/C14H13ClN2O2S/c1-8-16-7-13(20)12(17-8)6-9-3-4-11(15)10(5-9)14(18)19-2/h3-5,7,20H,6H2,1-2H3. The number of methoxy groups -OCH3 is 1. The van der Waals surface area contributed by atoms with Crippen LogP contribution in [-0.4, -0.2) is 23.0 Å². The van der Waals surface area contributed by atoms with E-state index in [1.54, 1.807) is 18.3 Å². The predicted molar refractivity (Wildman–Crippen MR) is 79.6 cm³/mol. The molecule has 2 aromatic rings. The monoisotopic (exact) mass is 308 g/mol. The fraction of sp³-hybridized carbons (Fsp3) is 0.214. The van der Waals surface area contributed by atoms with E-state index in [1.807, 2.05) is 13.0 Å². The number of nitrogens with zero attached hydrogens (tertiary/aromatic N) is 2. The molecule has 0 aliphatic heterocycles. The van der Waals surface area contributed by atoms with Gasteiger partial charge in [-0.1, -0.05) is 17.7 Å². The molecule has 0 aliphatic rings. The molecule has 1 heterocycles. The van der Waals surface area contributed by atoms with E-state index in [1.165, 1.54) is 7.11 Å². The maximum atomic E-state index is 11.6. The lowest BCUT2D eigenvalue weighted by molar-refractivity contribution is 0.0601. The van der Waals surface area contributed by atoms with E-state index < -0.39 is 5.97 Å². The van der Waals surface area contributed by atoms with Gasteiger partial charge in [0.25, 0.3) is 0 Å². The summed E-state index contributed by atoms with van der Waals surface area (Å²) in [6.07, 6.45) is 2.21. The third-order valence-electron chi connectivity index (χ3n) is 2.77. The van der Waals surface area contributed by atoms with Crippen LogP contribution < -0.4 is 0 Å². The second-order valence-electron chi connectivity index (χ2n) is 4.23. The summed E-state index contributed by atoms with van der Waals surface area (Å²) >= 11 is 10.3. The first kappa shape index (κ1) is 14.8. The van der Waals surface area contributed by atoms with Crippen molar-refractivity contribution in [3.05, 3.63) is 52.1 Å². The van der Waals surface area contributed by atoms with Crippen LogP contribution in [0, 0.1) is 6.92 Å². The van der Waals surface area contributed by atoms with Gasteiger partial charge in [-0.05, 0) is 24.6 Å². The molecule has 2 rings (SSSR count). The Balaban J connectivity index is 2.34. The minimum absolute atomic E-state index is 0.346. The molecule has 1 aromatic carbocycles. The normalized spacial score (nSPS) is 10.4. The second kappa shape index (κ2) is 6.24. The van der Waals surface area contributed by atoms with Crippen molar-refractivity contribution in [2.24, 2.45) is 0 Å². The van der Waals surface area contributed by atoms with Crippen LogP contribution in [0.4, 0.5) is 0 Å². The summed E-state index contributed by atoms with van der Waals surface area (Å²) in [5.74, 6) is 0.224. The molecule has 0 amide bonds. The Morgan fingerprint density at radius 1 is 1.45 bits per heavy atom. The van der Waals surface area contributed by atoms with Crippen molar-refractivity contribution in [1.82, 2.24) is 9.97 Å². The van der Waals surface area contributed by atoms with Gasteiger partial charge in [-0.2, -0.15) is 0 Å². The van der Waals surface area contributed by atoms with Crippen molar-refractivity contribution < 1.29 is 9.53 Å². The number of benzene rings is 1. The van der Waals surface area contributed by atoms with Crippen molar-refractivity contribution >= 4 is 30.2 Å². The largest absolute Gasteiger partial charge is 0.465 e. The Morgan fingerprint density at radius 2 is 2.20 bits per heavy atom. The molecule has 0 unspecified atom stereocenters. The molecule has 0 radical (unpaired) electrons. The average molecular weight is 309 g/mol. The van der Waals surface area contributed by atoms with Gasteiger partial charge in [0, 0.05) is 17.5 Å². The lowest BCUT2D eigenvalue weighted by Gasteiger charge is -2.08. The third-order valence-corrected chi connectivity index (χ3v) is 3.48. The molecule has 4 nitrogen and oxygen atoms in total. The number of ether oxygens (including phenoxy) is 1. The van der Waals surface area contributed by atoms with E-state index in [4.69, 9.17) is 16.3 Å². The Bertz CT molecular complexity index is 662. The van der Waals surface area contributed by atoms with Gasteiger partial charge in [0.1, 0.15) is 5.82 Å². The number of carbonyl (C=O) groups is 1. The highest BCUT2D eigenvalue weighted by molar-refractivity contribution is 7.80. The van der Waals surface area contributed by atoms with E-state index in [0.717, 1.165) is 11.3 Å². The zero-order valence-electron chi connectivity index (χ0n) is 11.1. The summed E-state index contributed by atoms with van der Waals surface area (Å²) in [6.45, 7) is 1.82. The maximum Gasteiger partial charge on any atom is 0.339 e. The quantitative estimate of drug-likeness (QED) is 0.699. The molecular weight excluding hydrogens is 296 g/mol. The lowest BCUT2D eigenvalue weighted by atomic mass is 10.1. The number of carbonyl (C=O) groups excluding carboxylic acids is 1.